The van der Waals surface area contributed by atoms with E-state index in [4.69, 9.17) is 23.5 Å². The molecule has 8 heteroatoms. The van der Waals surface area contributed by atoms with Crippen LogP contribution in [0.2, 0.25) is 0 Å². The van der Waals surface area contributed by atoms with Crippen LogP contribution in [-0.4, -0.2) is 49.8 Å². The summed E-state index contributed by atoms with van der Waals surface area (Å²) in [5, 5.41) is 3.76. The molecule has 0 aliphatic rings. The second-order valence-electron chi connectivity index (χ2n) is 4.33. The minimum atomic E-state index is -0.648. The molecule has 0 radical (unpaired) electrons. The minimum absolute atomic E-state index is 0.104. The van der Waals surface area contributed by atoms with E-state index in [1.165, 1.54) is 0 Å². The van der Waals surface area contributed by atoms with Crippen LogP contribution in [0, 0.1) is 0 Å². The number of hydrogen-bond acceptors (Lipinski definition) is 8. The first kappa shape index (κ1) is 16.9. The molecule has 0 fully saturated rings. The van der Waals surface area contributed by atoms with E-state index in [2.05, 4.69) is 10.1 Å². The second-order valence-corrected chi connectivity index (χ2v) is 4.33. The van der Waals surface area contributed by atoms with Gasteiger partial charge in [-0.05, 0) is 19.1 Å². The van der Waals surface area contributed by atoms with Crippen LogP contribution in [0.1, 0.15) is 17.6 Å². The van der Waals surface area contributed by atoms with Crippen LogP contribution in [-0.2, 0) is 14.2 Å². The van der Waals surface area contributed by atoms with E-state index in [0.717, 1.165) is 0 Å². The van der Waals surface area contributed by atoms with Crippen molar-refractivity contribution >= 4 is 5.97 Å². The maximum Gasteiger partial charge on any atom is 0.397 e. The van der Waals surface area contributed by atoms with Crippen LogP contribution < -0.4 is 4.74 Å². The first-order valence-electron chi connectivity index (χ1n) is 7.05. The Kier molecular flexibility index (Phi) is 6.52. The van der Waals surface area contributed by atoms with Crippen LogP contribution in [0.15, 0.2) is 28.8 Å². The highest BCUT2D eigenvalue weighted by atomic mass is 16.7. The maximum atomic E-state index is 11.5. The standard InChI is InChI=1S/C15H18N2O6/c1-3-21-15(18)14-16-13(17-23-14)11-5-4-6-12(9-11)22-10-20-8-7-19-2/h4-6,9H,3,7-8,10H2,1-2H3. The lowest BCUT2D eigenvalue weighted by Crippen LogP contribution is -2.07. The molecule has 1 aromatic heterocycles. The van der Waals surface area contributed by atoms with E-state index in [9.17, 15) is 4.79 Å². The van der Waals surface area contributed by atoms with Crippen LogP contribution in [0.25, 0.3) is 11.4 Å². The largest absolute Gasteiger partial charge is 0.468 e. The second kappa shape index (κ2) is 8.86. The SMILES string of the molecule is CCOC(=O)c1nc(-c2cccc(OCOCCOC)c2)no1. The van der Waals surface area contributed by atoms with Gasteiger partial charge in [0.2, 0.25) is 5.82 Å². The Balaban J connectivity index is 1.98. The van der Waals surface area contributed by atoms with Crippen LogP contribution in [0.4, 0.5) is 0 Å². The Morgan fingerprint density at radius 1 is 1.30 bits per heavy atom. The molecule has 1 heterocycles. The number of ether oxygens (including phenoxy) is 4. The van der Waals surface area contributed by atoms with Gasteiger partial charge in [-0.3, -0.25) is 0 Å². The summed E-state index contributed by atoms with van der Waals surface area (Å²) in [5.74, 6) is 0.0301. The summed E-state index contributed by atoms with van der Waals surface area (Å²) in [4.78, 5) is 15.5. The van der Waals surface area contributed by atoms with Gasteiger partial charge in [-0.2, -0.15) is 4.98 Å². The molecule has 2 rings (SSSR count). The van der Waals surface area contributed by atoms with E-state index in [1.807, 2.05) is 0 Å². The van der Waals surface area contributed by atoms with Crippen LogP contribution in [0.5, 0.6) is 5.75 Å². The molecule has 0 spiro atoms. The monoisotopic (exact) mass is 322 g/mol. The zero-order chi connectivity index (χ0) is 16.5. The highest BCUT2D eigenvalue weighted by molar-refractivity contribution is 5.84. The third kappa shape index (κ3) is 5.04. The van der Waals surface area contributed by atoms with Crippen molar-refractivity contribution in [2.75, 3.05) is 33.7 Å². The zero-order valence-electron chi connectivity index (χ0n) is 13.0. The number of nitrogens with zero attached hydrogens (tertiary/aromatic N) is 2. The van der Waals surface area contributed by atoms with Crippen molar-refractivity contribution in [2.45, 2.75) is 6.92 Å². The topological polar surface area (TPSA) is 92.9 Å². The Morgan fingerprint density at radius 3 is 2.96 bits per heavy atom. The van der Waals surface area contributed by atoms with Crippen LogP contribution >= 0.6 is 0 Å². The molecule has 23 heavy (non-hydrogen) atoms. The number of aromatic nitrogens is 2. The van der Waals surface area contributed by atoms with Crippen molar-refractivity contribution in [3.63, 3.8) is 0 Å². The van der Waals surface area contributed by atoms with Crippen molar-refractivity contribution in [1.29, 1.82) is 0 Å². The lowest BCUT2D eigenvalue weighted by molar-refractivity contribution is -0.00845. The molecule has 0 N–H and O–H groups in total. The number of rotatable bonds is 9. The first-order valence-corrected chi connectivity index (χ1v) is 7.05. The van der Waals surface area contributed by atoms with Gasteiger partial charge in [0.25, 0.3) is 0 Å². The molecule has 0 aliphatic heterocycles. The molecule has 0 aliphatic carbocycles. The summed E-state index contributed by atoms with van der Waals surface area (Å²) in [7, 11) is 1.60. The first-order chi connectivity index (χ1) is 11.2. The summed E-state index contributed by atoms with van der Waals surface area (Å²) in [6.45, 7) is 2.99. The van der Waals surface area contributed by atoms with Gasteiger partial charge in [-0.1, -0.05) is 17.3 Å². The van der Waals surface area contributed by atoms with E-state index in [-0.39, 0.29) is 25.1 Å². The lowest BCUT2D eigenvalue weighted by atomic mass is 10.2. The Morgan fingerprint density at radius 2 is 2.17 bits per heavy atom. The van der Waals surface area contributed by atoms with Gasteiger partial charge in [0.15, 0.2) is 6.79 Å². The van der Waals surface area contributed by atoms with Gasteiger partial charge >= 0.3 is 11.9 Å². The number of methoxy groups -OCH3 is 1. The van der Waals surface area contributed by atoms with Crippen molar-refractivity contribution in [3.05, 3.63) is 30.2 Å². The molecule has 124 valence electrons. The number of benzene rings is 1. The summed E-state index contributed by atoms with van der Waals surface area (Å²) in [6.07, 6.45) is 0. The fourth-order valence-corrected chi connectivity index (χ4v) is 1.65. The average Bonchev–Trinajstić information content (AvgIpc) is 3.05. The summed E-state index contributed by atoms with van der Waals surface area (Å²) in [5.41, 5.74) is 0.652. The highest BCUT2D eigenvalue weighted by Gasteiger charge is 2.17. The number of carbonyl (C=O) groups excluding carboxylic acids is 1. The molecular formula is C15H18N2O6. The molecule has 0 atom stereocenters. The lowest BCUT2D eigenvalue weighted by Gasteiger charge is -2.07. The third-order valence-corrected chi connectivity index (χ3v) is 2.71. The van der Waals surface area contributed by atoms with Crippen molar-refractivity contribution < 1.29 is 28.3 Å². The summed E-state index contributed by atoms with van der Waals surface area (Å²) >= 11 is 0. The third-order valence-electron chi connectivity index (χ3n) is 2.71. The van der Waals surface area contributed by atoms with E-state index in [0.29, 0.717) is 24.5 Å². The molecule has 0 saturated heterocycles. The molecule has 0 bridgehead atoms. The molecule has 1 aromatic carbocycles. The zero-order valence-corrected chi connectivity index (χ0v) is 13.0. The fraction of sp³-hybridized carbons (Fsp3) is 0.400. The van der Waals surface area contributed by atoms with Gasteiger partial charge < -0.3 is 23.5 Å². The summed E-state index contributed by atoms with van der Waals surface area (Å²) < 4.78 is 25.2. The molecule has 0 amide bonds. The molecular weight excluding hydrogens is 304 g/mol. The number of hydrogen-bond donors (Lipinski definition) is 0. The number of carbonyl (C=O) groups is 1. The summed E-state index contributed by atoms with van der Waals surface area (Å²) in [6, 6.07) is 7.05. The van der Waals surface area contributed by atoms with Crippen molar-refractivity contribution in [1.82, 2.24) is 10.1 Å². The molecule has 0 unspecified atom stereocenters. The number of esters is 1. The smallest absolute Gasteiger partial charge is 0.397 e. The van der Waals surface area contributed by atoms with E-state index >= 15 is 0 Å². The Labute approximate surface area is 133 Å². The quantitative estimate of drug-likeness (QED) is 0.393. The van der Waals surface area contributed by atoms with E-state index < -0.39 is 5.97 Å². The van der Waals surface area contributed by atoms with Gasteiger partial charge in [0.1, 0.15) is 5.75 Å². The molecule has 0 saturated carbocycles. The van der Waals surface area contributed by atoms with Gasteiger partial charge in [-0.25, -0.2) is 4.79 Å². The molecule has 2 aromatic rings. The van der Waals surface area contributed by atoms with Gasteiger partial charge in [-0.15, -0.1) is 0 Å². The van der Waals surface area contributed by atoms with Crippen molar-refractivity contribution in [2.24, 2.45) is 0 Å². The average molecular weight is 322 g/mol. The Hall–Kier alpha value is -2.45. The van der Waals surface area contributed by atoms with Crippen LogP contribution in [0.3, 0.4) is 0 Å². The maximum absolute atomic E-state index is 11.5. The van der Waals surface area contributed by atoms with Gasteiger partial charge in [0.05, 0.1) is 19.8 Å². The fourth-order valence-electron chi connectivity index (χ4n) is 1.65. The Bertz CT molecular complexity index is 628. The van der Waals surface area contributed by atoms with Crippen molar-refractivity contribution in [3.8, 4) is 17.1 Å². The predicted octanol–water partition coefficient (Wildman–Crippen LogP) is 1.91. The van der Waals surface area contributed by atoms with E-state index in [1.54, 1.807) is 38.3 Å². The highest BCUT2D eigenvalue weighted by Crippen LogP contribution is 2.21. The normalized spacial score (nSPS) is 10.5. The minimum Gasteiger partial charge on any atom is -0.468 e. The molecule has 8 nitrogen and oxygen atoms in total. The van der Waals surface area contributed by atoms with Gasteiger partial charge in [0, 0.05) is 12.7 Å². The predicted molar refractivity (Wildman–Crippen MR) is 79.0 cm³/mol.